The fourth-order valence-corrected chi connectivity index (χ4v) is 3.47. The van der Waals surface area contributed by atoms with E-state index in [-0.39, 0.29) is 12.1 Å². The van der Waals surface area contributed by atoms with Gasteiger partial charge in [-0.05, 0) is 18.4 Å². The molecule has 1 aliphatic carbocycles. The van der Waals surface area contributed by atoms with Crippen molar-refractivity contribution in [3.63, 3.8) is 0 Å². The van der Waals surface area contributed by atoms with Gasteiger partial charge in [-0.15, -0.1) is 0 Å². The molecule has 0 aliphatic heterocycles. The summed E-state index contributed by atoms with van der Waals surface area (Å²) >= 11 is 0. The highest BCUT2D eigenvalue weighted by atomic mass is 16.5. The first-order valence-corrected chi connectivity index (χ1v) is 8.49. The fourth-order valence-electron chi connectivity index (χ4n) is 3.47. The van der Waals surface area contributed by atoms with E-state index in [0.29, 0.717) is 30.0 Å². The van der Waals surface area contributed by atoms with Crippen LogP contribution in [0.3, 0.4) is 0 Å². The second kappa shape index (κ2) is 6.78. The van der Waals surface area contributed by atoms with Crippen LogP contribution < -0.4 is 5.73 Å². The lowest BCUT2D eigenvalue weighted by Crippen LogP contribution is -2.35. The van der Waals surface area contributed by atoms with Crippen LogP contribution >= 0.6 is 0 Å². The Labute approximate surface area is 145 Å². The molecule has 0 saturated heterocycles. The molecule has 0 radical (unpaired) electrons. The molecule has 1 saturated carbocycles. The Morgan fingerprint density at radius 3 is 2.80 bits per heavy atom. The highest BCUT2D eigenvalue weighted by Crippen LogP contribution is 2.33. The van der Waals surface area contributed by atoms with Gasteiger partial charge in [0.2, 0.25) is 0 Å². The average Bonchev–Trinajstić information content (AvgIpc) is 3.06. The molecule has 3 unspecified atom stereocenters. The van der Waals surface area contributed by atoms with Gasteiger partial charge in [0.15, 0.2) is 11.5 Å². The molecule has 7 nitrogen and oxygen atoms in total. The minimum Gasteiger partial charge on any atom is -0.391 e. The Hall–Kier alpha value is -2.51. The van der Waals surface area contributed by atoms with Gasteiger partial charge in [0.1, 0.15) is 11.8 Å². The molecule has 7 heteroatoms. The number of hydrogen-bond acceptors (Lipinski definition) is 6. The number of rotatable bonds is 4. The fraction of sp³-hybridized carbons (Fsp3) is 0.389. The van der Waals surface area contributed by atoms with Crippen molar-refractivity contribution < 1.29 is 9.84 Å². The van der Waals surface area contributed by atoms with E-state index in [4.69, 9.17) is 10.5 Å². The maximum absolute atomic E-state index is 10.6. The van der Waals surface area contributed by atoms with Crippen LogP contribution in [0.2, 0.25) is 0 Å². The minimum absolute atomic E-state index is 0.0564. The smallest absolute Gasteiger partial charge is 0.165 e. The summed E-state index contributed by atoms with van der Waals surface area (Å²) in [6.45, 7) is 0.570. The quantitative estimate of drug-likeness (QED) is 0.755. The Morgan fingerprint density at radius 2 is 2.00 bits per heavy atom. The van der Waals surface area contributed by atoms with Crippen LogP contribution in [0.25, 0.3) is 11.2 Å². The van der Waals surface area contributed by atoms with Crippen LogP contribution in [0.5, 0.6) is 0 Å². The summed E-state index contributed by atoms with van der Waals surface area (Å²) in [5, 5.41) is 10.6. The van der Waals surface area contributed by atoms with E-state index >= 15 is 0 Å². The number of aliphatic hydroxyl groups is 1. The largest absolute Gasteiger partial charge is 0.391 e. The second-order valence-corrected chi connectivity index (χ2v) is 6.45. The summed E-state index contributed by atoms with van der Waals surface area (Å²) in [6, 6.07) is 10.0. The van der Waals surface area contributed by atoms with Crippen molar-refractivity contribution in [1.29, 1.82) is 0 Å². The number of aliphatic hydroxyl groups excluding tert-OH is 1. The van der Waals surface area contributed by atoms with Crippen molar-refractivity contribution >= 4 is 17.0 Å². The van der Waals surface area contributed by atoms with Crippen molar-refractivity contribution in [3.05, 3.63) is 48.5 Å². The number of nitrogens with two attached hydrogens (primary N) is 1. The van der Waals surface area contributed by atoms with E-state index in [1.54, 1.807) is 6.33 Å². The van der Waals surface area contributed by atoms with Crippen LogP contribution in [-0.2, 0) is 11.3 Å². The number of aromatic nitrogens is 4. The predicted octanol–water partition coefficient (Wildman–Crippen LogP) is 2.08. The SMILES string of the molecule is Nc1ncnc2c1ncn2C1CCC(OCc2ccccc2)CC1O. The van der Waals surface area contributed by atoms with Crippen molar-refractivity contribution in [2.24, 2.45) is 0 Å². The minimum atomic E-state index is -0.511. The standard InChI is InChI=1S/C18H21N5O2/c19-17-16-18(21-10-20-17)23(11-22-16)14-7-6-13(8-15(14)24)25-9-12-4-2-1-3-5-12/h1-5,10-11,13-15,24H,6-9H2,(H2,19,20,21). The predicted molar refractivity (Wildman–Crippen MR) is 93.6 cm³/mol. The molecule has 0 amide bonds. The number of benzene rings is 1. The van der Waals surface area contributed by atoms with Crippen LogP contribution in [0, 0.1) is 0 Å². The third kappa shape index (κ3) is 3.20. The van der Waals surface area contributed by atoms with Gasteiger partial charge >= 0.3 is 0 Å². The lowest BCUT2D eigenvalue weighted by molar-refractivity contribution is -0.0419. The monoisotopic (exact) mass is 339 g/mol. The number of ether oxygens (including phenoxy) is 1. The molecule has 3 N–H and O–H groups in total. The van der Waals surface area contributed by atoms with Crippen LogP contribution in [0.15, 0.2) is 43.0 Å². The van der Waals surface area contributed by atoms with Crippen molar-refractivity contribution in [2.75, 3.05) is 5.73 Å². The lowest BCUT2D eigenvalue weighted by Gasteiger charge is -2.33. The number of nitrogens with zero attached hydrogens (tertiary/aromatic N) is 4. The Kier molecular flexibility index (Phi) is 4.33. The number of hydrogen-bond donors (Lipinski definition) is 2. The number of imidazole rings is 1. The molecule has 0 spiro atoms. The summed E-state index contributed by atoms with van der Waals surface area (Å²) in [5.41, 5.74) is 8.23. The molecular weight excluding hydrogens is 318 g/mol. The summed E-state index contributed by atoms with van der Waals surface area (Å²) in [5.74, 6) is 0.359. The van der Waals surface area contributed by atoms with Gasteiger partial charge in [-0.3, -0.25) is 0 Å². The van der Waals surface area contributed by atoms with E-state index in [2.05, 4.69) is 15.0 Å². The van der Waals surface area contributed by atoms with Crippen LogP contribution in [0.4, 0.5) is 5.82 Å². The summed E-state index contributed by atoms with van der Waals surface area (Å²) in [7, 11) is 0. The van der Waals surface area contributed by atoms with E-state index in [0.717, 1.165) is 18.4 Å². The van der Waals surface area contributed by atoms with Crippen molar-refractivity contribution in [1.82, 2.24) is 19.5 Å². The van der Waals surface area contributed by atoms with E-state index in [1.807, 2.05) is 34.9 Å². The molecule has 130 valence electrons. The normalized spacial score (nSPS) is 23.8. The average molecular weight is 339 g/mol. The maximum Gasteiger partial charge on any atom is 0.165 e. The van der Waals surface area contributed by atoms with Crippen LogP contribution in [0.1, 0.15) is 30.9 Å². The molecule has 1 fully saturated rings. The first kappa shape index (κ1) is 16.0. The van der Waals surface area contributed by atoms with E-state index in [9.17, 15) is 5.11 Å². The summed E-state index contributed by atoms with van der Waals surface area (Å²) in [6.07, 6.45) is 4.94. The highest BCUT2D eigenvalue weighted by molar-refractivity contribution is 5.81. The third-order valence-electron chi connectivity index (χ3n) is 4.81. The van der Waals surface area contributed by atoms with Gasteiger partial charge in [0.25, 0.3) is 0 Å². The zero-order valence-electron chi connectivity index (χ0n) is 13.8. The van der Waals surface area contributed by atoms with Gasteiger partial charge in [0, 0.05) is 6.42 Å². The second-order valence-electron chi connectivity index (χ2n) is 6.45. The topological polar surface area (TPSA) is 99.1 Å². The third-order valence-corrected chi connectivity index (χ3v) is 4.81. The molecule has 0 bridgehead atoms. The maximum atomic E-state index is 10.6. The van der Waals surface area contributed by atoms with Crippen molar-refractivity contribution in [3.8, 4) is 0 Å². The number of fused-ring (bicyclic) bond motifs is 1. The van der Waals surface area contributed by atoms with Gasteiger partial charge in [-0.1, -0.05) is 30.3 Å². The first-order valence-electron chi connectivity index (χ1n) is 8.49. The molecule has 3 atom stereocenters. The lowest BCUT2D eigenvalue weighted by atomic mass is 9.90. The Balaban J connectivity index is 1.43. The van der Waals surface area contributed by atoms with E-state index < -0.39 is 6.10 Å². The number of anilines is 1. The molecule has 2 heterocycles. The molecule has 1 aromatic carbocycles. The zero-order chi connectivity index (χ0) is 17.2. The molecule has 25 heavy (non-hydrogen) atoms. The first-order chi connectivity index (χ1) is 12.2. The molecule has 4 rings (SSSR count). The van der Waals surface area contributed by atoms with E-state index in [1.165, 1.54) is 6.33 Å². The van der Waals surface area contributed by atoms with Gasteiger partial charge in [-0.2, -0.15) is 0 Å². The zero-order valence-corrected chi connectivity index (χ0v) is 13.8. The van der Waals surface area contributed by atoms with Gasteiger partial charge < -0.3 is 20.1 Å². The molecule has 3 aromatic rings. The Bertz CT molecular complexity index is 851. The number of nitrogen functional groups attached to an aromatic ring is 1. The van der Waals surface area contributed by atoms with Gasteiger partial charge in [-0.25, -0.2) is 15.0 Å². The van der Waals surface area contributed by atoms with Gasteiger partial charge in [0.05, 0.1) is 31.2 Å². The van der Waals surface area contributed by atoms with Crippen LogP contribution in [-0.4, -0.2) is 36.8 Å². The van der Waals surface area contributed by atoms with Crippen molar-refractivity contribution in [2.45, 2.75) is 44.1 Å². The molecule has 1 aliphatic rings. The highest BCUT2D eigenvalue weighted by Gasteiger charge is 2.32. The molecule has 2 aromatic heterocycles. The summed E-state index contributed by atoms with van der Waals surface area (Å²) in [4.78, 5) is 12.5. The molecular formula is C18H21N5O2. The summed E-state index contributed by atoms with van der Waals surface area (Å²) < 4.78 is 7.89. The Morgan fingerprint density at radius 1 is 1.16 bits per heavy atom.